The maximum absolute atomic E-state index is 4.84. The first-order chi connectivity index (χ1) is 28.3. The second kappa shape index (κ2) is 12.4. The summed E-state index contributed by atoms with van der Waals surface area (Å²) < 4.78 is 7.10. The number of rotatable bonds is 5. The molecular weight excluding hydrogens is 695 g/mol. The number of nitrogens with zero attached hydrogens (tertiary/aromatic N) is 5. The second-order valence-corrected chi connectivity index (χ2v) is 14.7. The van der Waals surface area contributed by atoms with Crippen molar-refractivity contribution in [2.75, 3.05) is 0 Å². The third-order valence-corrected chi connectivity index (χ3v) is 11.5. The molecule has 5 heterocycles. The highest BCUT2D eigenvalue weighted by molar-refractivity contribution is 6.12. The molecule has 0 unspecified atom stereocenters. The molecule has 7 aromatic carbocycles. The zero-order chi connectivity index (χ0) is 37.5. The first-order valence-corrected chi connectivity index (χ1v) is 19.3. The monoisotopic (exact) mass is 727 g/mol. The van der Waals surface area contributed by atoms with Crippen LogP contribution in [0.4, 0.5) is 0 Å². The van der Waals surface area contributed by atoms with E-state index in [0.29, 0.717) is 0 Å². The van der Waals surface area contributed by atoms with Crippen molar-refractivity contribution >= 4 is 65.4 Å². The number of hydrogen-bond acceptors (Lipinski definition) is 2. The van der Waals surface area contributed by atoms with Gasteiger partial charge >= 0.3 is 0 Å². The topological polar surface area (TPSA) is 40.6 Å². The Kier molecular flexibility index (Phi) is 6.86. The maximum atomic E-state index is 4.84. The van der Waals surface area contributed by atoms with Gasteiger partial charge in [-0.05, 0) is 84.4 Å². The molecular formula is C52H33N5. The van der Waals surface area contributed by atoms with Crippen LogP contribution in [0.5, 0.6) is 0 Å². The Morgan fingerprint density at radius 3 is 1.26 bits per heavy atom. The van der Waals surface area contributed by atoms with Gasteiger partial charge in [0.1, 0.15) is 0 Å². The summed E-state index contributed by atoms with van der Waals surface area (Å²) in [5, 5.41) is 7.40. The summed E-state index contributed by atoms with van der Waals surface area (Å²) in [4.78, 5) is 9.59. The zero-order valence-electron chi connectivity index (χ0n) is 30.8. The van der Waals surface area contributed by atoms with Crippen molar-refractivity contribution in [3.8, 4) is 39.4 Å². The Balaban J connectivity index is 0.965. The highest BCUT2D eigenvalue weighted by Gasteiger charge is 2.17. The van der Waals surface area contributed by atoms with E-state index in [2.05, 4.69) is 196 Å². The number of pyridine rings is 2. The normalized spacial score (nSPS) is 11.9. The molecule has 0 bridgehead atoms. The van der Waals surface area contributed by atoms with Crippen LogP contribution in [0, 0.1) is 0 Å². The van der Waals surface area contributed by atoms with Crippen molar-refractivity contribution in [2.24, 2.45) is 0 Å². The highest BCUT2D eigenvalue weighted by atomic mass is 15.0. The third kappa shape index (κ3) is 4.82. The molecule has 5 nitrogen and oxygen atoms in total. The zero-order valence-corrected chi connectivity index (χ0v) is 30.8. The molecule has 12 rings (SSSR count). The summed E-state index contributed by atoms with van der Waals surface area (Å²) in [6.07, 6.45) is 5.77. The van der Waals surface area contributed by atoms with E-state index in [1.165, 1.54) is 59.9 Å². The van der Waals surface area contributed by atoms with Gasteiger partial charge < -0.3 is 13.7 Å². The van der Waals surface area contributed by atoms with Crippen molar-refractivity contribution in [1.82, 2.24) is 23.7 Å². The lowest BCUT2D eigenvalue weighted by atomic mass is 10.0. The quantitative estimate of drug-likeness (QED) is 0.177. The Bertz CT molecular complexity index is 3440. The summed E-state index contributed by atoms with van der Waals surface area (Å²) >= 11 is 0. The van der Waals surface area contributed by atoms with Crippen LogP contribution in [0.3, 0.4) is 0 Å². The maximum Gasteiger partial charge on any atom is 0.0738 e. The van der Waals surface area contributed by atoms with Gasteiger partial charge in [0.15, 0.2) is 0 Å². The Hall–Kier alpha value is -7.76. The molecule has 5 aromatic heterocycles. The van der Waals surface area contributed by atoms with Crippen LogP contribution in [0.15, 0.2) is 201 Å². The summed E-state index contributed by atoms with van der Waals surface area (Å²) in [7, 11) is 0. The standard InChI is InChI=1S/C52H33N5/c1-6-19-47-40(14-1)41-15-2-7-20-48(41)55(47)37-12-11-13-38(30-37)56-51-23-10-5-18-44(51)45-29-34(24-25-52(45)56)35-28-36(33-53-32-35)46-31-39(26-27-54-46)57-49-21-8-3-16-42(49)43-17-4-9-22-50(43)57/h1-33H. The highest BCUT2D eigenvalue weighted by Crippen LogP contribution is 2.38. The van der Waals surface area contributed by atoms with Crippen molar-refractivity contribution < 1.29 is 0 Å². The lowest BCUT2D eigenvalue weighted by Gasteiger charge is -2.13. The molecule has 0 fully saturated rings. The minimum absolute atomic E-state index is 0.879. The van der Waals surface area contributed by atoms with E-state index < -0.39 is 0 Å². The van der Waals surface area contributed by atoms with Crippen molar-refractivity contribution in [2.45, 2.75) is 0 Å². The molecule has 0 amide bonds. The molecule has 266 valence electrons. The van der Waals surface area contributed by atoms with E-state index in [0.717, 1.165) is 45.0 Å². The fourth-order valence-electron chi connectivity index (χ4n) is 9.06. The predicted octanol–water partition coefficient (Wildman–Crippen LogP) is 13.1. The smallest absolute Gasteiger partial charge is 0.0738 e. The van der Waals surface area contributed by atoms with Gasteiger partial charge in [-0.2, -0.15) is 0 Å². The average molecular weight is 728 g/mol. The first kappa shape index (κ1) is 31.6. The van der Waals surface area contributed by atoms with Gasteiger partial charge in [-0.25, -0.2) is 0 Å². The van der Waals surface area contributed by atoms with Gasteiger partial charge in [0.2, 0.25) is 0 Å². The summed E-state index contributed by atoms with van der Waals surface area (Å²) in [5.41, 5.74) is 14.4. The van der Waals surface area contributed by atoms with Crippen molar-refractivity contribution in [3.63, 3.8) is 0 Å². The van der Waals surface area contributed by atoms with Crippen LogP contribution in [0.25, 0.3) is 105 Å². The Labute approximate surface area is 328 Å². The molecule has 0 aliphatic heterocycles. The second-order valence-electron chi connectivity index (χ2n) is 14.7. The molecule has 0 N–H and O–H groups in total. The van der Waals surface area contributed by atoms with Gasteiger partial charge in [0.25, 0.3) is 0 Å². The molecule has 0 saturated carbocycles. The number of fused-ring (bicyclic) bond motifs is 9. The lowest BCUT2D eigenvalue weighted by Crippen LogP contribution is -1.98. The molecule has 0 radical (unpaired) electrons. The minimum Gasteiger partial charge on any atom is -0.309 e. The van der Waals surface area contributed by atoms with Crippen LogP contribution in [0.1, 0.15) is 0 Å². The molecule has 12 aromatic rings. The summed E-state index contributed by atoms with van der Waals surface area (Å²) in [5.74, 6) is 0. The lowest BCUT2D eigenvalue weighted by molar-refractivity contribution is 1.13. The SMILES string of the molecule is c1cc(-n2c3ccccc3c3ccccc32)cc(-n2c3ccccc3c3cc(-c4cncc(-c5cc(-n6c7ccccc7c7ccccc76)ccn5)c4)ccc32)c1. The average Bonchev–Trinajstić information content (AvgIpc) is 3.92. The number of para-hydroxylation sites is 5. The fraction of sp³-hybridized carbons (Fsp3) is 0. The van der Waals surface area contributed by atoms with E-state index in [9.17, 15) is 0 Å². The van der Waals surface area contributed by atoms with Crippen molar-refractivity contribution in [3.05, 3.63) is 201 Å². The number of aromatic nitrogens is 5. The minimum atomic E-state index is 0.879. The van der Waals surface area contributed by atoms with Crippen LogP contribution in [-0.2, 0) is 0 Å². The summed E-state index contributed by atoms with van der Waals surface area (Å²) in [6.45, 7) is 0. The van der Waals surface area contributed by atoms with Crippen LogP contribution >= 0.6 is 0 Å². The molecule has 0 atom stereocenters. The predicted molar refractivity (Wildman–Crippen MR) is 236 cm³/mol. The number of benzene rings is 7. The van der Waals surface area contributed by atoms with E-state index in [1.54, 1.807) is 0 Å². The molecule has 0 aliphatic rings. The Morgan fingerprint density at radius 1 is 0.298 bits per heavy atom. The third-order valence-electron chi connectivity index (χ3n) is 11.5. The molecule has 0 aliphatic carbocycles. The van der Waals surface area contributed by atoms with E-state index >= 15 is 0 Å². The van der Waals surface area contributed by atoms with E-state index in [-0.39, 0.29) is 0 Å². The van der Waals surface area contributed by atoms with Gasteiger partial charge in [-0.1, -0.05) is 103 Å². The van der Waals surface area contributed by atoms with Crippen molar-refractivity contribution in [1.29, 1.82) is 0 Å². The van der Waals surface area contributed by atoms with Gasteiger partial charge in [-0.3, -0.25) is 9.97 Å². The van der Waals surface area contributed by atoms with Crippen LogP contribution in [-0.4, -0.2) is 23.7 Å². The molecule has 0 saturated heterocycles. The van der Waals surface area contributed by atoms with E-state index in [1.807, 2.05) is 18.6 Å². The molecule has 57 heavy (non-hydrogen) atoms. The Morgan fingerprint density at radius 2 is 0.737 bits per heavy atom. The summed E-state index contributed by atoms with van der Waals surface area (Å²) in [6, 6.07) is 65.4. The molecule has 0 spiro atoms. The molecule has 5 heteroatoms. The van der Waals surface area contributed by atoms with Gasteiger partial charge in [0, 0.05) is 79.1 Å². The number of hydrogen-bond donors (Lipinski definition) is 0. The van der Waals surface area contributed by atoms with E-state index in [4.69, 9.17) is 9.97 Å². The van der Waals surface area contributed by atoms with Crippen LogP contribution < -0.4 is 0 Å². The van der Waals surface area contributed by atoms with Crippen LogP contribution in [0.2, 0.25) is 0 Å². The van der Waals surface area contributed by atoms with Gasteiger partial charge in [0.05, 0.1) is 38.8 Å². The van der Waals surface area contributed by atoms with Gasteiger partial charge in [-0.15, -0.1) is 0 Å². The first-order valence-electron chi connectivity index (χ1n) is 19.3. The largest absolute Gasteiger partial charge is 0.309 e. The fourth-order valence-corrected chi connectivity index (χ4v) is 9.06.